The number of furan rings is 1. The van der Waals surface area contributed by atoms with Crippen molar-refractivity contribution >= 4 is 21.6 Å². The quantitative estimate of drug-likeness (QED) is 0.506. The summed E-state index contributed by atoms with van der Waals surface area (Å²) in [7, 11) is -3.78. The Morgan fingerprint density at radius 1 is 1.34 bits per heavy atom. The van der Waals surface area contributed by atoms with Gasteiger partial charge in [0, 0.05) is 17.3 Å². The first-order chi connectivity index (χ1) is 15.0. The van der Waals surface area contributed by atoms with E-state index in [0.29, 0.717) is 22.7 Å². The Kier molecular flexibility index (Phi) is 5.55. The number of benzene rings is 1. The van der Waals surface area contributed by atoms with Gasteiger partial charge in [-0.05, 0) is 80.5 Å². The number of carbonyl (C=O) groups is 1. The molecule has 0 spiro atoms. The first-order valence-electron chi connectivity index (χ1n) is 10.8. The smallest absolute Gasteiger partial charge is 0.332 e. The number of aliphatic hydroxyl groups is 1. The first-order valence-corrected chi connectivity index (χ1v) is 12.3. The molecule has 170 valence electrons. The van der Waals surface area contributed by atoms with Crippen LogP contribution in [0.2, 0.25) is 0 Å². The van der Waals surface area contributed by atoms with Gasteiger partial charge >= 0.3 is 6.03 Å². The Morgan fingerprint density at radius 3 is 2.62 bits per heavy atom. The van der Waals surface area contributed by atoms with Gasteiger partial charge in [-0.15, -0.1) is 0 Å². The van der Waals surface area contributed by atoms with Crippen LogP contribution in [-0.4, -0.2) is 15.3 Å². The SMILES string of the molecule is CC(c1cc(C#N)c2c(c1NC(=O)NS(=N)(=O)c1cc(C(C)(C)O)co1)CCC2)C1CC1. The van der Waals surface area contributed by atoms with Gasteiger partial charge in [0.1, 0.15) is 0 Å². The summed E-state index contributed by atoms with van der Waals surface area (Å²) in [4.78, 5) is 12.8. The van der Waals surface area contributed by atoms with Crippen LogP contribution < -0.4 is 10.0 Å². The van der Waals surface area contributed by atoms with Crippen LogP contribution in [0.3, 0.4) is 0 Å². The third kappa shape index (κ3) is 4.25. The zero-order valence-corrected chi connectivity index (χ0v) is 19.3. The van der Waals surface area contributed by atoms with Gasteiger partial charge in [0.15, 0.2) is 9.92 Å². The molecular formula is C23H28N4O4S. The predicted molar refractivity (Wildman–Crippen MR) is 120 cm³/mol. The Morgan fingerprint density at radius 2 is 2.03 bits per heavy atom. The Labute approximate surface area is 188 Å². The van der Waals surface area contributed by atoms with E-state index in [0.717, 1.165) is 48.8 Å². The molecule has 2 aliphatic carbocycles. The number of nitriles is 1. The fourth-order valence-corrected chi connectivity index (χ4v) is 5.26. The van der Waals surface area contributed by atoms with Gasteiger partial charge in [-0.1, -0.05) is 6.92 Å². The van der Waals surface area contributed by atoms with E-state index in [1.165, 1.54) is 12.3 Å². The third-order valence-corrected chi connectivity index (χ3v) is 7.67. The van der Waals surface area contributed by atoms with Crippen molar-refractivity contribution in [1.29, 1.82) is 10.0 Å². The highest BCUT2D eigenvalue weighted by molar-refractivity contribution is 7.91. The van der Waals surface area contributed by atoms with Crippen LogP contribution in [0.5, 0.6) is 0 Å². The predicted octanol–water partition coefficient (Wildman–Crippen LogP) is 4.52. The molecule has 1 heterocycles. The van der Waals surface area contributed by atoms with E-state index < -0.39 is 21.5 Å². The zero-order chi connectivity index (χ0) is 23.3. The van der Waals surface area contributed by atoms with E-state index in [1.807, 2.05) is 6.07 Å². The fourth-order valence-electron chi connectivity index (χ4n) is 4.37. The topological polar surface area (TPSA) is 139 Å². The molecule has 2 atom stereocenters. The second-order valence-electron chi connectivity index (χ2n) is 9.26. The molecule has 4 rings (SSSR count). The van der Waals surface area contributed by atoms with Crippen LogP contribution >= 0.6 is 0 Å². The molecular weight excluding hydrogens is 428 g/mol. The first kappa shape index (κ1) is 22.4. The molecule has 2 aliphatic rings. The maximum absolute atomic E-state index is 12.9. The van der Waals surface area contributed by atoms with Crippen molar-refractivity contribution in [3.8, 4) is 6.07 Å². The highest BCUT2D eigenvalue weighted by Crippen LogP contribution is 2.47. The highest BCUT2D eigenvalue weighted by Gasteiger charge is 2.33. The number of nitrogens with zero attached hydrogens (tertiary/aromatic N) is 1. The van der Waals surface area contributed by atoms with Gasteiger partial charge < -0.3 is 14.8 Å². The van der Waals surface area contributed by atoms with Gasteiger partial charge in [0.2, 0.25) is 5.09 Å². The van der Waals surface area contributed by atoms with Crippen molar-refractivity contribution in [2.45, 2.75) is 69.5 Å². The van der Waals surface area contributed by atoms with E-state index in [1.54, 1.807) is 13.8 Å². The van der Waals surface area contributed by atoms with Crippen molar-refractivity contribution in [2.75, 3.05) is 5.32 Å². The lowest BCUT2D eigenvalue weighted by Crippen LogP contribution is -2.34. The molecule has 1 saturated carbocycles. The summed E-state index contributed by atoms with van der Waals surface area (Å²) in [5, 5.41) is 22.3. The summed E-state index contributed by atoms with van der Waals surface area (Å²) in [5.74, 6) is 0.705. The Balaban J connectivity index is 1.62. The largest absolute Gasteiger partial charge is 0.452 e. The molecule has 1 aromatic carbocycles. The van der Waals surface area contributed by atoms with Crippen LogP contribution in [0.4, 0.5) is 10.5 Å². The lowest BCUT2D eigenvalue weighted by atomic mass is 9.88. The van der Waals surface area contributed by atoms with Crippen molar-refractivity contribution < 1.29 is 18.5 Å². The number of fused-ring (bicyclic) bond motifs is 1. The molecule has 0 bridgehead atoms. The number of nitrogens with one attached hydrogen (secondary N) is 3. The lowest BCUT2D eigenvalue weighted by molar-refractivity contribution is 0.0779. The lowest BCUT2D eigenvalue weighted by Gasteiger charge is -2.21. The van der Waals surface area contributed by atoms with E-state index in [9.17, 15) is 19.4 Å². The third-order valence-electron chi connectivity index (χ3n) is 6.41. The van der Waals surface area contributed by atoms with Crippen molar-refractivity contribution in [3.05, 3.63) is 46.2 Å². The Bertz CT molecular complexity index is 1210. The molecule has 8 nitrogen and oxygen atoms in total. The summed E-state index contributed by atoms with van der Waals surface area (Å²) >= 11 is 0. The average molecular weight is 457 g/mol. The van der Waals surface area contributed by atoms with Crippen LogP contribution in [0, 0.1) is 22.0 Å². The van der Waals surface area contributed by atoms with Gasteiger partial charge in [0.05, 0.1) is 23.5 Å². The number of hydrogen-bond donors (Lipinski definition) is 4. The van der Waals surface area contributed by atoms with Gasteiger partial charge in [-0.3, -0.25) is 0 Å². The maximum Gasteiger partial charge on any atom is 0.332 e. The summed E-state index contributed by atoms with van der Waals surface area (Å²) in [6.45, 7) is 5.19. The van der Waals surface area contributed by atoms with Crippen LogP contribution in [-0.2, 0) is 28.4 Å². The summed E-state index contributed by atoms with van der Waals surface area (Å²) in [5.41, 5.74) is 3.29. The second-order valence-corrected chi connectivity index (χ2v) is 11.0. The number of hydrogen-bond acceptors (Lipinski definition) is 6. The number of rotatable bonds is 6. The molecule has 0 radical (unpaired) electrons. The van der Waals surface area contributed by atoms with E-state index in [4.69, 9.17) is 9.20 Å². The maximum atomic E-state index is 12.9. The molecule has 2 aromatic rings. The molecule has 0 aliphatic heterocycles. The normalized spacial score (nSPS) is 18.3. The molecule has 1 aromatic heterocycles. The number of urea groups is 1. The second kappa shape index (κ2) is 7.94. The number of carbonyl (C=O) groups excluding carboxylic acids is 1. The van der Waals surface area contributed by atoms with Gasteiger partial charge in [-0.2, -0.15) is 5.26 Å². The van der Waals surface area contributed by atoms with Gasteiger partial charge in [-0.25, -0.2) is 18.5 Å². The minimum absolute atomic E-state index is 0.183. The van der Waals surface area contributed by atoms with Crippen molar-refractivity contribution in [1.82, 2.24) is 4.72 Å². The Hall–Kier alpha value is -2.83. The molecule has 0 saturated heterocycles. The summed E-state index contributed by atoms with van der Waals surface area (Å²) in [6.07, 6.45) is 5.92. The average Bonchev–Trinajstić information content (AvgIpc) is 3.21. The van der Waals surface area contributed by atoms with E-state index >= 15 is 0 Å². The molecule has 2 amide bonds. The summed E-state index contributed by atoms with van der Waals surface area (Å²) in [6, 6.07) is 4.72. The monoisotopic (exact) mass is 456 g/mol. The fraction of sp³-hybridized carbons (Fsp3) is 0.478. The molecule has 9 heteroatoms. The summed E-state index contributed by atoms with van der Waals surface area (Å²) < 4.78 is 28.5. The standard InChI is InChI=1S/C23H28N4O4S/c1-13(14-7-8-14)19-9-15(11-24)17-5-4-6-18(17)21(19)26-22(28)27-32(25,30)20-10-16(12-31-20)23(2,3)29/h9-10,12-14,29H,4-8H2,1-3H3,(H3,25,26,27,28,30). The number of anilines is 1. The van der Waals surface area contributed by atoms with Crippen molar-refractivity contribution in [2.24, 2.45) is 5.92 Å². The highest BCUT2D eigenvalue weighted by atomic mass is 32.2. The minimum Gasteiger partial charge on any atom is -0.452 e. The van der Waals surface area contributed by atoms with E-state index in [2.05, 4.69) is 23.0 Å². The van der Waals surface area contributed by atoms with Crippen molar-refractivity contribution in [3.63, 3.8) is 0 Å². The van der Waals surface area contributed by atoms with Crippen LogP contribution in [0.1, 0.15) is 73.8 Å². The van der Waals surface area contributed by atoms with Gasteiger partial charge in [0.25, 0.3) is 0 Å². The molecule has 2 unspecified atom stereocenters. The number of amides is 2. The van der Waals surface area contributed by atoms with E-state index in [-0.39, 0.29) is 11.0 Å². The molecule has 1 fully saturated rings. The zero-order valence-electron chi connectivity index (χ0n) is 18.4. The van der Waals surface area contributed by atoms with Crippen LogP contribution in [0.15, 0.2) is 27.9 Å². The van der Waals surface area contributed by atoms with Crippen LogP contribution in [0.25, 0.3) is 0 Å². The molecule has 4 N–H and O–H groups in total. The molecule has 32 heavy (non-hydrogen) atoms. The minimum atomic E-state index is -3.78.